The van der Waals surface area contributed by atoms with Crippen LogP contribution in [0, 0.1) is 0 Å². The van der Waals surface area contributed by atoms with Crippen molar-refractivity contribution in [3.05, 3.63) is 28.2 Å². The Kier molecular flexibility index (Phi) is 8.83. The predicted molar refractivity (Wildman–Crippen MR) is 94.7 cm³/mol. The van der Waals surface area contributed by atoms with Gasteiger partial charge in [-0.25, -0.2) is 0 Å². The van der Waals surface area contributed by atoms with Crippen molar-refractivity contribution < 1.29 is 9.53 Å². The Morgan fingerprint density at radius 1 is 1.32 bits per heavy atom. The lowest BCUT2D eigenvalue weighted by Crippen LogP contribution is -2.36. The van der Waals surface area contributed by atoms with Crippen molar-refractivity contribution >= 4 is 34.2 Å². The first-order valence-corrected chi connectivity index (χ1v) is 8.31. The minimum atomic E-state index is 0. The Labute approximate surface area is 147 Å². The maximum absolute atomic E-state index is 11.9. The number of nitrogens with zero attached hydrogens (tertiary/aromatic N) is 1. The zero-order valence-corrected chi connectivity index (χ0v) is 15.3. The quantitative estimate of drug-likeness (QED) is 0.756. The molecule has 0 aromatic heterocycles. The van der Waals surface area contributed by atoms with Crippen LogP contribution < -0.4 is 10.1 Å². The van der Waals surface area contributed by atoms with E-state index in [0.29, 0.717) is 12.3 Å². The summed E-state index contributed by atoms with van der Waals surface area (Å²) in [6, 6.07) is 6.07. The zero-order valence-electron chi connectivity index (χ0n) is 12.9. The summed E-state index contributed by atoms with van der Waals surface area (Å²) in [7, 11) is 1.66. The molecule has 0 unspecified atom stereocenters. The average molecular weight is 392 g/mol. The van der Waals surface area contributed by atoms with Gasteiger partial charge in [0, 0.05) is 32.6 Å². The largest absolute Gasteiger partial charge is 0.496 e. The van der Waals surface area contributed by atoms with Crippen LogP contribution in [-0.4, -0.2) is 37.6 Å². The van der Waals surface area contributed by atoms with Gasteiger partial charge in [0.25, 0.3) is 0 Å². The van der Waals surface area contributed by atoms with Crippen LogP contribution in [0.15, 0.2) is 22.7 Å². The topological polar surface area (TPSA) is 41.6 Å². The smallest absolute Gasteiger partial charge is 0.222 e. The van der Waals surface area contributed by atoms with E-state index in [1.807, 2.05) is 17.0 Å². The van der Waals surface area contributed by atoms with Crippen molar-refractivity contribution in [1.29, 1.82) is 0 Å². The number of hydrogen-bond donors (Lipinski definition) is 1. The van der Waals surface area contributed by atoms with E-state index < -0.39 is 0 Å². The third-order valence-electron chi connectivity index (χ3n) is 3.78. The molecule has 0 spiro atoms. The highest BCUT2D eigenvalue weighted by molar-refractivity contribution is 9.10. The van der Waals surface area contributed by atoms with Gasteiger partial charge in [0.2, 0.25) is 5.91 Å². The molecule has 1 amide bonds. The summed E-state index contributed by atoms with van der Waals surface area (Å²) in [6.45, 7) is 3.34. The van der Waals surface area contributed by atoms with Crippen LogP contribution in [0.2, 0.25) is 0 Å². The van der Waals surface area contributed by atoms with Gasteiger partial charge in [-0.05, 0) is 46.5 Å². The number of likely N-dealkylation sites (tertiary alicyclic amines) is 1. The van der Waals surface area contributed by atoms with Crippen molar-refractivity contribution in [2.75, 3.05) is 26.7 Å². The molecule has 124 valence electrons. The highest BCUT2D eigenvalue weighted by Crippen LogP contribution is 2.25. The van der Waals surface area contributed by atoms with Crippen LogP contribution in [0.25, 0.3) is 0 Å². The lowest BCUT2D eigenvalue weighted by Gasteiger charge is -2.20. The number of carbonyl (C=O) groups is 1. The van der Waals surface area contributed by atoms with E-state index in [1.54, 1.807) is 7.11 Å². The Hall–Kier alpha value is -0.780. The number of benzene rings is 1. The van der Waals surface area contributed by atoms with Crippen LogP contribution in [-0.2, 0) is 11.3 Å². The number of carbonyl (C=O) groups excluding carboxylic acids is 1. The molecule has 4 nitrogen and oxygen atoms in total. The second kappa shape index (κ2) is 10.1. The monoisotopic (exact) mass is 390 g/mol. The number of hydrogen-bond acceptors (Lipinski definition) is 3. The molecule has 0 aliphatic carbocycles. The molecule has 1 aromatic rings. The Morgan fingerprint density at radius 3 is 2.86 bits per heavy atom. The summed E-state index contributed by atoms with van der Waals surface area (Å²) < 4.78 is 6.18. The summed E-state index contributed by atoms with van der Waals surface area (Å²) in [5.41, 5.74) is 1.20. The van der Waals surface area contributed by atoms with Crippen LogP contribution in [0.5, 0.6) is 5.75 Å². The normalized spacial score (nSPS) is 15.2. The molecule has 1 saturated heterocycles. The maximum atomic E-state index is 11.9. The van der Waals surface area contributed by atoms with Crippen LogP contribution >= 0.6 is 28.3 Å². The van der Waals surface area contributed by atoms with E-state index in [9.17, 15) is 4.79 Å². The first-order chi connectivity index (χ1) is 10.2. The molecular formula is C16H24BrClN2O2. The molecule has 0 bridgehead atoms. The van der Waals surface area contributed by atoms with E-state index in [4.69, 9.17) is 4.74 Å². The Balaban J connectivity index is 0.00000242. The van der Waals surface area contributed by atoms with Crippen molar-refractivity contribution in [1.82, 2.24) is 10.2 Å². The van der Waals surface area contributed by atoms with Gasteiger partial charge < -0.3 is 15.0 Å². The fraction of sp³-hybridized carbons (Fsp3) is 0.562. The van der Waals surface area contributed by atoms with Gasteiger partial charge in [-0.1, -0.05) is 12.5 Å². The molecule has 0 radical (unpaired) electrons. The van der Waals surface area contributed by atoms with Gasteiger partial charge in [-0.2, -0.15) is 0 Å². The van der Waals surface area contributed by atoms with Crippen LogP contribution in [0.3, 0.4) is 0 Å². The third kappa shape index (κ3) is 5.78. The van der Waals surface area contributed by atoms with Crippen molar-refractivity contribution in [3.63, 3.8) is 0 Å². The van der Waals surface area contributed by atoms with E-state index in [0.717, 1.165) is 49.2 Å². The van der Waals surface area contributed by atoms with E-state index >= 15 is 0 Å². The highest BCUT2D eigenvalue weighted by Gasteiger charge is 2.15. The summed E-state index contributed by atoms with van der Waals surface area (Å²) in [5, 5.41) is 3.40. The molecule has 0 saturated carbocycles. The molecule has 1 aliphatic rings. The number of rotatable bonds is 6. The standard InChI is InChI=1S/C16H23BrN2O2.ClH/c1-21-15-7-6-13(11-14(15)17)12-18-8-10-19-9-4-2-3-5-16(19)20;/h6-7,11,18H,2-5,8-10,12H2,1H3;1H. The van der Waals surface area contributed by atoms with Gasteiger partial charge in [0.15, 0.2) is 0 Å². The van der Waals surface area contributed by atoms with Gasteiger partial charge in [-0.15, -0.1) is 12.4 Å². The van der Waals surface area contributed by atoms with Gasteiger partial charge in [0.1, 0.15) is 5.75 Å². The van der Waals surface area contributed by atoms with E-state index in [2.05, 4.69) is 27.3 Å². The summed E-state index contributed by atoms with van der Waals surface area (Å²) in [5.74, 6) is 1.15. The number of halogens is 2. The lowest BCUT2D eigenvalue weighted by molar-refractivity contribution is -0.130. The second-order valence-corrected chi connectivity index (χ2v) is 6.19. The highest BCUT2D eigenvalue weighted by atomic mass is 79.9. The number of ether oxygens (including phenoxy) is 1. The first kappa shape index (κ1) is 19.3. The molecule has 1 N–H and O–H groups in total. The van der Waals surface area contributed by atoms with Gasteiger partial charge in [0.05, 0.1) is 11.6 Å². The van der Waals surface area contributed by atoms with Crippen molar-refractivity contribution in [2.24, 2.45) is 0 Å². The molecule has 2 rings (SSSR count). The molecular weight excluding hydrogens is 368 g/mol. The number of amides is 1. The molecule has 1 heterocycles. The zero-order chi connectivity index (χ0) is 15.1. The maximum Gasteiger partial charge on any atom is 0.222 e. The summed E-state index contributed by atoms with van der Waals surface area (Å²) in [4.78, 5) is 13.9. The van der Waals surface area contributed by atoms with Crippen LogP contribution in [0.1, 0.15) is 31.2 Å². The fourth-order valence-corrected chi connectivity index (χ4v) is 3.13. The van der Waals surface area contributed by atoms with Crippen LogP contribution in [0.4, 0.5) is 0 Å². The second-order valence-electron chi connectivity index (χ2n) is 5.34. The fourth-order valence-electron chi connectivity index (χ4n) is 2.54. The van der Waals surface area contributed by atoms with Crippen molar-refractivity contribution in [3.8, 4) is 5.75 Å². The molecule has 1 aromatic carbocycles. The number of nitrogens with one attached hydrogen (secondary N) is 1. The van der Waals surface area contributed by atoms with Gasteiger partial charge >= 0.3 is 0 Å². The minimum Gasteiger partial charge on any atom is -0.496 e. The Morgan fingerprint density at radius 2 is 2.14 bits per heavy atom. The minimum absolute atomic E-state index is 0. The Bertz CT molecular complexity index is 485. The average Bonchev–Trinajstić information content (AvgIpc) is 2.68. The van der Waals surface area contributed by atoms with Gasteiger partial charge in [-0.3, -0.25) is 4.79 Å². The predicted octanol–water partition coefficient (Wildman–Crippen LogP) is 3.37. The summed E-state index contributed by atoms with van der Waals surface area (Å²) in [6.07, 6.45) is 4.07. The number of methoxy groups -OCH3 is 1. The van der Waals surface area contributed by atoms with E-state index in [-0.39, 0.29) is 12.4 Å². The molecule has 1 fully saturated rings. The molecule has 1 aliphatic heterocycles. The molecule has 22 heavy (non-hydrogen) atoms. The third-order valence-corrected chi connectivity index (χ3v) is 4.39. The first-order valence-electron chi connectivity index (χ1n) is 7.51. The SMILES string of the molecule is COc1ccc(CNCCN2CCCCCC2=O)cc1Br.Cl. The molecule has 0 atom stereocenters. The van der Waals surface area contributed by atoms with Crippen molar-refractivity contribution in [2.45, 2.75) is 32.2 Å². The lowest BCUT2D eigenvalue weighted by atomic mass is 10.2. The molecule has 6 heteroatoms. The van der Waals surface area contributed by atoms with E-state index in [1.165, 1.54) is 12.0 Å². The summed E-state index contributed by atoms with van der Waals surface area (Å²) >= 11 is 3.49.